The maximum Gasteiger partial charge on any atom is 0.128 e. The Morgan fingerprint density at radius 1 is 1.57 bits per heavy atom. The minimum Gasteiger partial charge on any atom is -0.384 e. The van der Waals surface area contributed by atoms with Crippen LogP contribution in [0.4, 0.5) is 11.6 Å². The van der Waals surface area contributed by atoms with Gasteiger partial charge in [0.15, 0.2) is 0 Å². The van der Waals surface area contributed by atoms with Gasteiger partial charge < -0.3 is 11.1 Å². The first-order chi connectivity index (χ1) is 6.74. The summed E-state index contributed by atoms with van der Waals surface area (Å²) in [5.41, 5.74) is 5.59. The topological polar surface area (TPSA) is 50.9 Å². The van der Waals surface area contributed by atoms with Gasteiger partial charge in [0, 0.05) is 11.3 Å². The summed E-state index contributed by atoms with van der Waals surface area (Å²) in [7, 11) is 0. The van der Waals surface area contributed by atoms with Crippen molar-refractivity contribution in [2.75, 3.05) is 23.9 Å². The van der Waals surface area contributed by atoms with E-state index in [2.05, 4.69) is 16.6 Å². The van der Waals surface area contributed by atoms with E-state index in [1.54, 1.807) is 6.07 Å². The highest BCUT2D eigenvalue weighted by Crippen LogP contribution is 2.46. The zero-order valence-corrected chi connectivity index (χ0v) is 9.10. The van der Waals surface area contributed by atoms with Crippen molar-refractivity contribution in [1.29, 1.82) is 0 Å². The summed E-state index contributed by atoms with van der Waals surface area (Å²) in [6.07, 6.45) is 4.79. The van der Waals surface area contributed by atoms with Crippen LogP contribution in [-0.2, 0) is 0 Å². The summed E-state index contributed by atoms with van der Waals surface area (Å²) in [4.78, 5) is 4.20. The van der Waals surface area contributed by atoms with Crippen LogP contribution in [0.5, 0.6) is 0 Å². The normalized spacial score (nSPS) is 17.8. The molecule has 1 heterocycles. The summed E-state index contributed by atoms with van der Waals surface area (Å²) < 4.78 is 0.465. The van der Waals surface area contributed by atoms with Crippen molar-refractivity contribution in [2.45, 2.75) is 17.6 Å². The first kappa shape index (κ1) is 9.65. The third kappa shape index (κ3) is 2.12. The number of nitrogen functional groups attached to an aromatic ring is 1. The van der Waals surface area contributed by atoms with Gasteiger partial charge in [0.1, 0.15) is 11.6 Å². The Morgan fingerprint density at radius 3 is 2.93 bits per heavy atom. The van der Waals surface area contributed by atoms with Crippen LogP contribution in [-0.4, -0.2) is 22.5 Å². The average Bonchev–Trinajstić information content (AvgIpc) is 2.96. The summed E-state index contributed by atoms with van der Waals surface area (Å²) in [5, 5.41) is 3.33. The number of pyridine rings is 1. The molecule has 0 spiro atoms. The molecule has 2 rings (SSSR count). The Labute approximate surface area is 88.5 Å². The highest BCUT2D eigenvalue weighted by molar-refractivity contribution is 8.00. The number of hydrogen-bond acceptors (Lipinski definition) is 4. The maximum absolute atomic E-state index is 5.59. The summed E-state index contributed by atoms with van der Waals surface area (Å²) in [6, 6.07) is 5.67. The van der Waals surface area contributed by atoms with Crippen LogP contribution in [0, 0.1) is 0 Å². The fourth-order valence-electron chi connectivity index (χ4n) is 1.39. The predicted molar refractivity (Wildman–Crippen MR) is 62.6 cm³/mol. The van der Waals surface area contributed by atoms with Crippen molar-refractivity contribution in [2.24, 2.45) is 0 Å². The number of rotatable bonds is 4. The number of nitrogens with zero attached hydrogens (tertiary/aromatic N) is 1. The third-order valence-electron chi connectivity index (χ3n) is 2.60. The number of nitrogens with two attached hydrogens (primary N) is 1. The smallest absolute Gasteiger partial charge is 0.128 e. The molecule has 0 aromatic carbocycles. The summed E-state index contributed by atoms with van der Waals surface area (Å²) in [5.74, 6) is 1.45. The van der Waals surface area contributed by atoms with Gasteiger partial charge in [0.25, 0.3) is 0 Å². The fourth-order valence-corrected chi connectivity index (χ4v) is 2.12. The van der Waals surface area contributed by atoms with E-state index in [0.29, 0.717) is 10.6 Å². The molecule has 0 unspecified atom stereocenters. The monoisotopic (exact) mass is 209 g/mol. The van der Waals surface area contributed by atoms with Gasteiger partial charge >= 0.3 is 0 Å². The van der Waals surface area contributed by atoms with E-state index in [-0.39, 0.29) is 0 Å². The molecular weight excluding hydrogens is 194 g/mol. The van der Waals surface area contributed by atoms with E-state index in [9.17, 15) is 0 Å². The molecule has 3 nitrogen and oxygen atoms in total. The van der Waals surface area contributed by atoms with E-state index in [0.717, 1.165) is 12.4 Å². The highest BCUT2D eigenvalue weighted by Gasteiger charge is 2.41. The maximum atomic E-state index is 5.59. The lowest BCUT2D eigenvalue weighted by molar-refractivity contribution is 0.941. The molecule has 76 valence electrons. The molecule has 4 heteroatoms. The van der Waals surface area contributed by atoms with Crippen LogP contribution < -0.4 is 11.1 Å². The molecule has 14 heavy (non-hydrogen) atoms. The second kappa shape index (κ2) is 3.69. The van der Waals surface area contributed by atoms with Crippen molar-refractivity contribution in [3.05, 3.63) is 18.2 Å². The highest BCUT2D eigenvalue weighted by atomic mass is 32.2. The second-order valence-corrected chi connectivity index (χ2v) is 4.96. The van der Waals surface area contributed by atoms with Crippen LogP contribution in [0.15, 0.2) is 18.2 Å². The van der Waals surface area contributed by atoms with Gasteiger partial charge in [-0.2, -0.15) is 11.8 Å². The van der Waals surface area contributed by atoms with E-state index in [1.807, 2.05) is 23.9 Å². The van der Waals surface area contributed by atoms with Crippen LogP contribution in [0.25, 0.3) is 0 Å². The molecule has 3 N–H and O–H groups in total. The van der Waals surface area contributed by atoms with Gasteiger partial charge in [-0.05, 0) is 31.2 Å². The van der Waals surface area contributed by atoms with Crippen LogP contribution in [0.2, 0.25) is 0 Å². The zero-order valence-electron chi connectivity index (χ0n) is 8.29. The molecule has 0 aliphatic heterocycles. The van der Waals surface area contributed by atoms with E-state index >= 15 is 0 Å². The summed E-state index contributed by atoms with van der Waals surface area (Å²) >= 11 is 1.94. The number of aromatic nitrogens is 1. The molecule has 0 radical (unpaired) electrons. The quantitative estimate of drug-likeness (QED) is 0.796. The molecule has 1 fully saturated rings. The van der Waals surface area contributed by atoms with E-state index in [1.165, 1.54) is 12.8 Å². The van der Waals surface area contributed by atoms with E-state index < -0.39 is 0 Å². The number of thioether (sulfide) groups is 1. The molecule has 1 aliphatic carbocycles. The van der Waals surface area contributed by atoms with E-state index in [4.69, 9.17) is 5.73 Å². The summed E-state index contributed by atoms with van der Waals surface area (Å²) in [6.45, 7) is 0.991. The predicted octanol–water partition coefficient (Wildman–Crippen LogP) is 1.97. The van der Waals surface area contributed by atoms with Crippen molar-refractivity contribution >= 4 is 23.4 Å². The van der Waals surface area contributed by atoms with Crippen LogP contribution >= 0.6 is 11.8 Å². The second-order valence-electron chi connectivity index (χ2n) is 3.69. The first-order valence-corrected chi connectivity index (χ1v) is 5.98. The molecule has 1 aromatic rings. The third-order valence-corrected chi connectivity index (χ3v) is 4.02. The lowest BCUT2D eigenvalue weighted by Gasteiger charge is -2.13. The minimum atomic E-state index is 0.465. The standard InChI is InChI=1S/C10H15N3S/c1-14-10(5-6-10)7-12-9-4-2-3-8(11)13-9/h2-4H,5-7H2,1H3,(H3,11,12,13). The Morgan fingerprint density at radius 2 is 2.36 bits per heavy atom. The van der Waals surface area contributed by atoms with Gasteiger partial charge in [0.05, 0.1) is 0 Å². The Bertz CT molecular complexity index is 323. The Balaban J connectivity index is 1.92. The number of anilines is 2. The lowest BCUT2D eigenvalue weighted by atomic mass is 10.4. The molecule has 0 atom stereocenters. The van der Waals surface area contributed by atoms with Gasteiger partial charge in [-0.3, -0.25) is 0 Å². The van der Waals surface area contributed by atoms with Crippen molar-refractivity contribution in [3.8, 4) is 0 Å². The van der Waals surface area contributed by atoms with Crippen LogP contribution in [0.1, 0.15) is 12.8 Å². The van der Waals surface area contributed by atoms with Gasteiger partial charge in [-0.15, -0.1) is 0 Å². The van der Waals surface area contributed by atoms with Crippen molar-refractivity contribution < 1.29 is 0 Å². The SMILES string of the molecule is CSC1(CNc2cccc(N)n2)CC1. The largest absolute Gasteiger partial charge is 0.384 e. The molecule has 1 aliphatic rings. The molecule has 1 aromatic heterocycles. The molecule has 0 amide bonds. The molecule has 0 bridgehead atoms. The van der Waals surface area contributed by atoms with Gasteiger partial charge in [-0.25, -0.2) is 4.98 Å². The first-order valence-electron chi connectivity index (χ1n) is 4.76. The lowest BCUT2D eigenvalue weighted by Crippen LogP contribution is -2.18. The van der Waals surface area contributed by atoms with Gasteiger partial charge in [0.2, 0.25) is 0 Å². The average molecular weight is 209 g/mol. The van der Waals surface area contributed by atoms with Crippen LogP contribution in [0.3, 0.4) is 0 Å². The molecular formula is C10H15N3S. The minimum absolute atomic E-state index is 0.465. The molecule has 0 saturated heterocycles. The van der Waals surface area contributed by atoms with Crippen molar-refractivity contribution in [3.63, 3.8) is 0 Å². The Kier molecular flexibility index (Phi) is 2.54. The van der Waals surface area contributed by atoms with Crippen molar-refractivity contribution in [1.82, 2.24) is 4.98 Å². The number of nitrogens with one attached hydrogen (secondary N) is 1. The Hall–Kier alpha value is -0.900. The fraction of sp³-hybridized carbons (Fsp3) is 0.500. The van der Waals surface area contributed by atoms with Gasteiger partial charge in [-0.1, -0.05) is 6.07 Å². The number of hydrogen-bond donors (Lipinski definition) is 2. The molecule has 1 saturated carbocycles. The zero-order chi connectivity index (χ0) is 10.0.